The zero-order chi connectivity index (χ0) is 10.7. The van der Waals surface area contributed by atoms with E-state index in [4.69, 9.17) is 20.6 Å². The van der Waals surface area contributed by atoms with E-state index in [1.54, 1.807) is 18.5 Å². The van der Waals surface area contributed by atoms with Crippen molar-refractivity contribution in [2.24, 2.45) is 0 Å². The molecular weight excluding hydrogens is 186 g/mol. The van der Waals surface area contributed by atoms with Gasteiger partial charge in [0.2, 0.25) is 0 Å². The van der Waals surface area contributed by atoms with E-state index < -0.39 is 0 Å². The van der Waals surface area contributed by atoms with E-state index in [0.29, 0.717) is 23.9 Å². The van der Waals surface area contributed by atoms with Gasteiger partial charge in [-0.15, -0.1) is 0 Å². The number of hydrogen-bond acceptors (Lipinski definition) is 3. The van der Waals surface area contributed by atoms with Crippen LogP contribution < -0.4 is 10.2 Å². The normalized spacial score (nSPS) is 21.7. The minimum Gasteiger partial charge on any atom is -0.490 e. The molecule has 1 saturated heterocycles. The Morgan fingerprint density at radius 1 is 1.53 bits per heavy atom. The summed E-state index contributed by atoms with van der Waals surface area (Å²) in [6.45, 7) is 1.55. The van der Waals surface area contributed by atoms with Crippen LogP contribution in [0.15, 0.2) is 18.5 Å². The molecule has 0 aliphatic carbocycles. The van der Waals surface area contributed by atoms with Crippen molar-refractivity contribution >= 4 is 21.3 Å². The fraction of sp³-hybridized carbons (Fsp3) is 0.500. The first kappa shape index (κ1) is 10.6. The summed E-state index contributed by atoms with van der Waals surface area (Å²) in [6, 6.07) is 2.08. The summed E-state index contributed by atoms with van der Waals surface area (Å²) < 4.78 is 5.58. The van der Waals surface area contributed by atoms with Crippen molar-refractivity contribution in [2.75, 3.05) is 13.2 Å². The molecule has 74 valence electrons. The van der Waals surface area contributed by atoms with E-state index in [1.807, 2.05) is 4.81 Å². The maximum atomic E-state index is 5.79. The van der Waals surface area contributed by atoms with E-state index >= 15 is 0 Å². The smallest absolute Gasteiger partial charge is 0.183 e. The monoisotopic (exact) mass is 198 g/mol. The van der Waals surface area contributed by atoms with Crippen LogP contribution >= 0.6 is 0 Å². The van der Waals surface area contributed by atoms with Gasteiger partial charge in [0.15, 0.2) is 7.98 Å². The third-order valence-electron chi connectivity index (χ3n) is 2.60. The minimum atomic E-state index is 0.312. The average molecular weight is 198 g/mol. The Labute approximate surface area is 92.7 Å². The molecule has 1 aromatic heterocycles. The highest BCUT2D eigenvalue weighted by atomic mass is 16.5. The number of pyridine rings is 1. The molecule has 5 heteroatoms. The Morgan fingerprint density at radius 2 is 2.40 bits per heavy atom. The van der Waals surface area contributed by atoms with Crippen LogP contribution in [0.5, 0.6) is 5.75 Å². The molecule has 0 unspecified atom stereocenters. The lowest BCUT2D eigenvalue weighted by molar-refractivity contribution is 0.236. The van der Waals surface area contributed by atoms with Crippen LogP contribution in [0.2, 0.25) is 0 Å². The lowest BCUT2D eigenvalue weighted by atomic mass is 9.99. The van der Waals surface area contributed by atoms with Crippen LogP contribution in [-0.2, 0) is 0 Å². The Balaban J connectivity index is 1.87. The number of aromatic nitrogens is 1. The quantitative estimate of drug-likeness (QED) is 0.628. The molecule has 1 aliphatic heterocycles. The summed E-state index contributed by atoms with van der Waals surface area (Å²) in [6.07, 6.45) is 5.48. The molecule has 0 N–H and O–H groups in total. The van der Waals surface area contributed by atoms with E-state index in [-0.39, 0.29) is 0 Å². The highest BCUT2D eigenvalue weighted by Gasteiger charge is 2.20. The van der Waals surface area contributed by atoms with E-state index in [1.165, 1.54) is 0 Å². The molecule has 2 heterocycles. The van der Waals surface area contributed by atoms with Gasteiger partial charge in [0, 0.05) is 12.2 Å². The van der Waals surface area contributed by atoms with Crippen molar-refractivity contribution in [1.82, 2.24) is 9.79 Å². The minimum absolute atomic E-state index is 0.312. The molecular formula is C10H12B2N2O. The molecule has 1 atom stereocenters. The Hall–Kier alpha value is -0.960. The van der Waals surface area contributed by atoms with E-state index in [2.05, 4.69) is 4.98 Å². The van der Waals surface area contributed by atoms with Gasteiger partial charge in [-0.05, 0) is 25.5 Å². The first-order chi connectivity index (χ1) is 7.25. The Kier molecular flexibility index (Phi) is 3.31. The molecule has 0 spiro atoms. The zero-order valence-corrected chi connectivity index (χ0v) is 8.60. The standard InChI is InChI=1S/C10H12B2N2O/c11-8-4-10(6-13-5-8)15-7-9-2-1-3-14(9)12/h4-6,9H,1-3,7H2/t9-/m0/s1. The number of rotatable bonds is 3. The van der Waals surface area contributed by atoms with Gasteiger partial charge in [0.05, 0.1) is 6.20 Å². The van der Waals surface area contributed by atoms with E-state index in [9.17, 15) is 0 Å². The van der Waals surface area contributed by atoms with Crippen molar-refractivity contribution in [3.8, 4) is 5.75 Å². The molecule has 0 amide bonds. The Morgan fingerprint density at radius 3 is 3.07 bits per heavy atom. The van der Waals surface area contributed by atoms with Crippen LogP contribution in [0.3, 0.4) is 0 Å². The summed E-state index contributed by atoms with van der Waals surface area (Å²) in [7, 11) is 11.4. The molecule has 1 aromatic rings. The van der Waals surface area contributed by atoms with Crippen molar-refractivity contribution < 1.29 is 4.74 Å². The first-order valence-electron chi connectivity index (χ1n) is 5.10. The van der Waals surface area contributed by atoms with Crippen LogP contribution in [0.1, 0.15) is 12.8 Å². The second-order valence-corrected chi connectivity index (χ2v) is 3.80. The van der Waals surface area contributed by atoms with Gasteiger partial charge < -0.3 is 9.55 Å². The Bertz CT molecular complexity index is 335. The summed E-state index contributed by atoms with van der Waals surface area (Å²) in [4.78, 5) is 5.79. The number of nitrogens with zero attached hydrogens (tertiary/aromatic N) is 2. The van der Waals surface area contributed by atoms with Crippen molar-refractivity contribution in [2.45, 2.75) is 18.9 Å². The zero-order valence-electron chi connectivity index (χ0n) is 8.60. The summed E-state index contributed by atoms with van der Waals surface area (Å²) >= 11 is 0. The van der Waals surface area contributed by atoms with Crippen LogP contribution in [-0.4, -0.2) is 44.8 Å². The lowest BCUT2D eigenvalue weighted by Crippen LogP contribution is -2.32. The van der Waals surface area contributed by atoms with Gasteiger partial charge in [0.25, 0.3) is 0 Å². The van der Waals surface area contributed by atoms with Crippen LogP contribution in [0.4, 0.5) is 0 Å². The fourth-order valence-electron chi connectivity index (χ4n) is 1.74. The summed E-state index contributed by atoms with van der Waals surface area (Å²) in [5.41, 5.74) is 0.614. The highest BCUT2D eigenvalue weighted by molar-refractivity contribution is 6.32. The van der Waals surface area contributed by atoms with Gasteiger partial charge in [-0.3, -0.25) is 4.98 Å². The largest absolute Gasteiger partial charge is 0.490 e. The topological polar surface area (TPSA) is 25.4 Å². The molecule has 2 rings (SSSR count). The number of ether oxygens (including phenoxy) is 1. The second kappa shape index (κ2) is 4.71. The van der Waals surface area contributed by atoms with Gasteiger partial charge in [-0.1, -0.05) is 5.46 Å². The van der Waals surface area contributed by atoms with Crippen molar-refractivity contribution in [1.29, 1.82) is 0 Å². The van der Waals surface area contributed by atoms with Crippen LogP contribution in [0, 0.1) is 0 Å². The second-order valence-electron chi connectivity index (χ2n) is 3.80. The van der Waals surface area contributed by atoms with Gasteiger partial charge in [-0.2, -0.15) is 0 Å². The fourth-order valence-corrected chi connectivity index (χ4v) is 1.74. The SMILES string of the molecule is [B]c1cncc(OC[C@@H]2CCCN2[B])c1. The maximum Gasteiger partial charge on any atom is 0.183 e. The molecule has 1 aliphatic rings. The van der Waals surface area contributed by atoms with E-state index in [0.717, 1.165) is 19.4 Å². The summed E-state index contributed by atoms with van der Waals surface area (Å²) in [5.74, 6) is 0.704. The molecule has 0 aromatic carbocycles. The first-order valence-corrected chi connectivity index (χ1v) is 5.10. The molecule has 4 radical (unpaired) electrons. The maximum absolute atomic E-state index is 5.79. The predicted octanol–water partition coefficient (Wildman–Crippen LogP) is -0.198. The molecule has 0 saturated carbocycles. The van der Waals surface area contributed by atoms with Crippen LogP contribution in [0.25, 0.3) is 0 Å². The van der Waals surface area contributed by atoms with Gasteiger partial charge in [-0.25, -0.2) is 0 Å². The average Bonchev–Trinajstić information content (AvgIpc) is 2.61. The molecule has 1 fully saturated rings. The number of hydrogen-bond donors (Lipinski definition) is 0. The summed E-state index contributed by atoms with van der Waals surface area (Å²) in [5, 5.41) is 0. The molecule has 15 heavy (non-hydrogen) atoms. The third kappa shape index (κ3) is 2.75. The predicted molar refractivity (Wildman–Crippen MR) is 60.6 cm³/mol. The van der Waals surface area contributed by atoms with Crippen molar-refractivity contribution in [3.63, 3.8) is 0 Å². The highest BCUT2D eigenvalue weighted by Crippen LogP contribution is 2.15. The lowest BCUT2D eigenvalue weighted by Gasteiger charge is -2.20. The molecule has 3 nitrogen and oxygen atoms in total. The third-order valence-corrected chi connectivity index (χ3v) is 2.60. The van der Waals surface area contributed by atoms with Gasteiger partial charge >= 0.3 is 0 Å². The van der Waals surface area contributed by atoms with Gasteiger partial charge in [0.1, 0.15) is 20.2 Å². The molecule has 0 bridgehead atoms. The van der Waals surface area contributed by atoms with Crippen molar-refractivity contribution in [3.05, 3.63) is 18.5 Å².